The molecule has 0 fully saturated rings. The lowest BCUT2D eigenvalue weighted by Gasteiger charge is -2.13. The lowest BCUT2D eigenvalue weighted by atomic mass is 10.3. The van der Waals surface area contributed by atoms with Crippen LogP contribution < -0.4 is 5.73 Å². The first-order chi connectivity index (χ1) is 7.93. The summed E-state index contributed by atoms with van der Waals surface area (Å²) in [6.45, 7) is 1.60. The number of carbonyl (C=O) groups is 1. The Morgan fingerprint density at radius 1 is 1.35 bits per heavy atom. The zero-order valence-corrected chi connectivity index (χ0v) is 9.94. The van der Waals surface area contributed by atoms with Crippen LogP contribution in [0.3, 0.4) is 0 Å². The number of hydrogen-bond donors (Lipinski definition) is 1. The van der Waals surface area contributed by atoms with Gasteiger partial charge in [0.1, 0.15) is 4.90 Å². The van der Waals surface area contributed by atoms with Gasteiger partial charge in [0.05, 0.1) is 12.1 Å². The number of nitrogen functional groups attached to an aromatic ring is 1. The van der Waals surface area contributed by atoms with E-state index in [0.717, 1.165) is 0 Å². The molecule has 1 aromatic carbocycles. The minimum atomic E-state index is -3.98. The highest BCUT2D eigenvalue weighted by Gasteiger charge is 2.34. The summed E-state index contributed by atoms with van der Waals surface area (Å²) in [4.78, 5) is 11.4. The first kappa shape index (κ1) is 11.6. The van der Waals surface area contributed by atoms with Crippen molar-refractivity contribution in [2.24, 2.45) is 5.10 Å². The van der Waals surface area contributed by atoms with Crippen molar-refractivity contribution in [1.29, 1.82) is 0 Å². The Kier molecular flexibility index (Phi) is 2.62. The van der Waals surface area contributed by atoms with Gasteiger partial charge >= 0.3 is 0 Å². The minimum absolute atomic E-state index is 0.0198. The molecule has 0 atom stereocenters. The third kappa shape index (κ3) is 1.89. The molecule has 0 aliphatic carbocycles. The van der Waals surface area contributed by atoms with Gasteiger partial charge < -0.3 is 5.73 Å². The Morgan fingerprint density at radius 3 is 2.53 bits per heavy atom. The van der Waals surface area contributed by atoms with Crippen molar-refractivity contribution in [3.05, 3.63) is 24.3 Å². The lowest BCUT2D eigenvalue weighted by molar-refractivity contribution is -0.124. The average molecular weight is 253 g/mol. The molecule has 0 aromatic heterocycles. The maximum atomic E-state index is 12.1. The normalized spacial score (nSPS) is 16.2. The smallest absolute Gasteiger partial charge is 0.288 e. The van der Waals surface area contributed by atoms with Crippen molar-refractivity contribution in [1.82, 2.24) is 4.41 Å². The molecule has 2 rings (SSSR count). The topological polar surface area (TPSA) is 92.8 Å². The molecule has 90 valence electrons. The number of nitrogens with zero attached hydrogens (tertiary/aromatic N) is 2. The number of carbonyl (C=O) groups excluding carboxylic acids is 1. The third-order valence-electron chi connectivity index (χ3n) is 2.31. The van der Waals surface area contributed by atoms with Gasteiger partial charge in [0.2, 0.25) is 0 Å². The zero-order valence-electron chi connectivity index (χ0n) is 9.12. The van der Waals surface area contributed by atoms with E-state index in [1.54, 1.807) is 19.1 Å². The number of para-hydroxylation sites is 1. The molecular weight excluding hydrogens is 242 g/mol. The van der Waals surface area contributed by atoms with Crippen LogP contribution in [0.4, 0.5) is 5.69 Å². The highest BCUT2D eigenvalue weighted by Crippen LogP contribution is 2.25. The van der Waals surface area contributed by atoms with Crippen LogP contribution in [0, 0.1) is 0 Å². The average Bonchev–Trinajstić information content (AvgIpc) is 2.59. The van der Waals surface area contributed by atoms with Crippen molar-refractivity contribution < 1.29 is 13.2 Å². The Balaban J connectivity index is 2.52. The molecule has 1 aromatic rings. The monoisotopic (exact) mass is 253 g/mol. The molecule has 2 N–H and O–H groups in total. The summed E-state index contributed by atoms with van der Waals surface area (Å²) >= 11 is 0. The van der Waals surface area contributed by atoms with Gasteiger partial charge in [-0.3, -0.25) is 4.79 Å². The first-order valence-corrected chi connectivity index (χ1v) is 6.33. The Labute approximate surface area is 98.8 Å². The van der Waals surface area contributed by atoms with Crippen LogP contribution in [0.5, 0.6) is 0 Å². The van der Waals surface area contributed by atoms with Crippen molar-refractivity contribution in [2.45, 2.75) is 18.2 Å². The number of amides is 1. The summed E-state index contributed by atoms with van der Waals surface area (Å²) in [7, 11) is -3.98. The van der Waals surface area contributed by atoms with Gasteiger partial charge in [-0.2, -0.15) is 13.5 Å². The van der Waals surface area contributed by atoms with Gasteiger partial charge in [-0.25, -0.2) is 0 Å². The molecule has 0 bridgehead atoms. The molecule has 17 heavy (non-hydrogen) atoms. The third-order valence-corrected chi connectivity index (χ3v) is 3.97. The number of sulfonamides is 1. The minimum Gasteiger partial charge on any atom is -0.398 e. The predicted molar refractivity (Wildman–Crippen MR) is 62.6 cm³/mol. The number of anilines is 1. The first-order valence-electron chi connectivity index (χ1n) is 4.89. The van der Waals surface area contributed by atoms with E-state index in [-0.39, 0.29) is 17.0 Å². The summed E-state index contributed by atoms with van der Waals surface area (Å²) in [5, 5.41) is 3.72. The summed E-state index contributed by atoms with van der Waals surface area (Å²) < 4.78 is 24.8. The van der Waals surface area contributed by atoms with E-state index in [0.29, 0.717) is 10.1 Å². The van der Waals surface area contributed by atoms with Gasteiger partial charge in [0.15, 0.2) is 0 Å². The van der Waals surface area contributed by atoms with Gasteiger partial charge in [-0.1, -0.05) is 12.1 Å². The highest BCUT2D eigenvalue weighted by atomic mass is 32.2. The van der Waals surface area contributed by atoms with Gasteiger partial charge in [0.25, 0.3) is 15.9 Å². The van der Waals surface area contributed by atoms with Gasteiger partial charge in [0, 0.05) is 5.71 Å². The van der Waals surface area contributed by atoms with Gasteiger partial charge in [-0.05, 0) is 19.1 Å². The van der Waals surface area contributed by atoms with E-state index in [9.17, 15) is 13.2 Å². The van der Waals surface area contributed by atoms with E-state index >= 15 is 0 Å². The SMILES string of the molecule is CC1=NN(S(=O)(=O)c2ccccc2N)C(=O)C1. The molecule has 1 aliphatic heterocycles. The summed E-state index contributed by atoms with van der Waals surface area (Å²) in [6.07, 6.45) is 0.0198. The number of hydrazone groups is 1. The number of hydrogen-bond acceptors (Lipinski definition) is 5. The Morgan fingerprint density at radius 2 is 2.00 bits per heavy atom. The molecular formula is C10H11N3O3S. The molecule has 0 saturated carbocycles. The maximum Gasteiger partial charge on any atom is 0.288 e. The molecule has 0 radical (unpaired) electrons. The molecule has 0 saturated heterocycles. The predicted octanol–water partition coefficient (Wildman–Crippen LogP) is 0.566. The fraction of sp³-hybridized carbons (Fsp3) is 0.200. The second-order valence-electron chi connectivity index (χ2n) is 3.69. The van der Waals surface area contributed by atoms with Crippen LogP contribution in [0.15, 0.2) is 34.3 Å². The summed E-state index contributed by atoms with van der Waals surface area (Å²) in [5.74, 6) is -0.564. The summed E-state index contributed by atoms with van der Waals surface area (Å²) in [6, 6.07) is 5.97. The number of benzene rings is 1. The van der Waals surface area contributed by atoms with Crippen molar-refractivity contribution in [2.75, 3.05) is 5.73 Å². The van der Waals surface area contributed by atoms with Crippen LogP contribution in [0.25, 0.3) is 0 Å². The van der Waals surface area contributed by atoms with E-state index < -0.39 is 15.9 Å². The number of nitrogens with two attached hydrogens (primary N) is 1. The van der Waals surface area contributed by atoms with Crippen LogP contribution in [0.1, 0.15) is 13.3 Å². The second kappa shape index (κ2) is 3.85. The molecule has 1 heterocycles. The summed E-state index contributed by atoms with van der Waals surface area (Å²) in [5.41, 5.74) is 6.15. The molecule has 6 nitrogen and oxygen atoms in total. The fourth-order valence-corrected chi connectivity index (χ4v) is 2.91. The van der Waals surface area contributed by atoms with Crippen LogP contribution >= 0.6 is 0 Å². The molecule has 7 heteroatoms. The van der Waals surface area contributed by atoms with Crippen LogP contribution in [-0.2, 0) is 14.8 Å². The molecule has 1 amide bonds. The maximum absolute atomic E-state index is 12.1. The second-order valence-corrected chi connectivity index (χ2v) is 5.43. The zero-order chi connectivity index (χ0) is 12.6. The standard InChI is InChI=1S/C10H11N3O3S/c1-7-6-10(14)13(12-7)17(15,16)9-5-3-2-4-8(9)11/h2-5H,6,11H2,1H3. The van der Waals surface area contributed by atoms with Crippen molar-refractivity contribution >= 4 is 27.3 Å². The fourth-order valence-electron chi connectivity index (χ4n) is 1.53. The molecule has 1 aliphatic rings. The quantitative estimate of drug-likeness (QED) is 0.779. The largest absolute Gasteiger partial charge is 0.398 e. The molecule has 0 unspecified atom stereocenters. The van der Waals surface area contributed by atoms with Crippen molar-refractivity contribution in [3.8, 4) is 0 Å². The van der Waals surface area contributed by atoms with Crippen molar-refractivity contribution in [3.63, 3.8) is 0 Å². The van der Waals surface area contributed by atoms with E-state index in [4.69, 9.17) is 5.73 Å². The van der Waals surface area contributed by atoms with Crippen LogP contribution in [0.2, 0.25) is 0 Å². The van der Waals surface area contributed by atoms with E-state index in [1.165, 1.54) is 12.1 Å². The highest BCUT2D eigenvalue weighted by molar-refractivity contribution is 7.89. The van der Waals surface area contributed by atoms with E-state index in [1.807, 2.05) is 0 Å². The molecule has 0 spiro atoms. The Bertz CT molecular complexity index is 607. The van der Waals surface area contributed by atoms with E-state index in [2.05, 4.69) is 5.10 Å². The van der Waals surface area contributed by atoms with Crippen LogP contribution in [-0.4, -0.2) is 24.5 Å². The van der Waals surface area contributed by atoms with Gasteiger partial charge in [-0.15, -0.1) is 4.41 Å². The number of rotatable bonds is 2. The lowest BCUT2D eigenvalue weighted by Crippen LogP contribution is -2.29. The Hall–Kier alpha value is -1.89.